The number of ether oxygens (including phenoxy) is 3. The summed E-state index contributed by atoms with van der Waals surface area (Å²) in [6, 6.07) is 5.67. The average molecular weight is 418 g/mol. The highest BCUT2D eigenvalue weighted by molar-refractivity contribution is 8.76. The van der Waals surface area contributed by atoms with E-state index in [1.165, 1.54) is 17.7 Å². The third kappa shape index (κ3) is 12.2. The van der Waals surface area contributed by atoms with Gasteiger partial charge >= 0.3 is 11.9 Å². The lowest BCUT2D eigenvalue weighted by Crippen LogP contribution is -2.30. The van der Waals surface area contributed by atoms with E-state index in [1.54, 1.807) is 17.0 Å². The van der Waals surface area contributed by atoms with Gasteiger partial charge in [0.15, 0.2) is 6.61 Å². The van der Waals surface area contributed by atoms with Crippen LogP contribution in [0.25, 0.3) is 0 Å². The number of nitrogens with zero attached hydrogens (tertiary/aromatic N) is 1. The summed E-state index contributed by atoms with van der Waals surface area (Å²) in [4.78, 5) is 37.9. The van der Waals surface area contributed by atoms with E-state index < -0.39 is 24.6 Å². The highest BCUT2D eigenvalue weighted by Crippen LogP contribution is 2.28. The molecule has 0 aliphatic carbocycles. The molecule has 27 heavy (non-hydrogen) atoms. The molecule has 0 saturated carbocycles. The van der Waals surface area contributed by atoms with Crippen LogP contribution in [0, 0.1) is 0 Å². The molecule has 0 radical (unpaired) electrons. The second-order valence-electron chi connectivity index (χ2n) is 4.98. The summed E-state index contributed by atoms with van der Waals surface area (Å²) in [5.41, 5.74) is 0. The zero-order valence-corrected chi connectivity index (χ0v) is 16.4. The van der Waals surface area contributed by atoms with Gasteiger partial charge in [-0.2, -0.15) is 0 Å². The zero-order valence-electron chi connectivity index (χ0n) is 14.8. The Kier molecular flexibility index (Phi) is 12.3. The van der Waals surface area contributed by atoms with E-state index in [9.17, 15) is 14.4 Å². The monoisotopic (exact) mass is 418 g/mol. The summed E-state index contributed by atoms with van der Waals surface area (Å²) in [7, 11) is 3.12. The van der Waals surface area contributed by atoms with Crippen molar-refractivity contribution in [3.05, 3.63) is 24.4 Å². The summed E-state index contributed by atoms with van der Waals surface area (Å²) >= 11 is 0. The molecule has 150 valence electrons. The summed E-state index contributed by atoms with van der Waals surface area (Å²) in [6.07, 6.45) is 0.424. The highest BCUT2D eigenvalue weighted by Gasteiger charge is 2.13. The van der Waals surface area contributed by atoms with E-state index in [0.29, 0.717) is 6.54 Å². The molecular formula is C16H22N2O7S2. The van der Waals surface area contributed by atoms with Crippen molar-refractivity contribution in [1.29, 1.82) is 0 Å². The molecule has 1 rings (SSSR count). The van der Waals surface area contributed by atoms with Crippen molar-refractivity contribution >= 4 is 39.4 Å². The van der Waals surface area contributed by atoms with Crippen LogP contribution in [0.5, 0.6) is 0 Å². The van der Waals surface area contributed by atoms with Gasteiger partial charge in [-0.05, 0) is 29.9 Å². The van der Waals surface area contributed by atoms with E-state index >= 15 is 0 Å². The maximum atomic E-state index is 11.6. The normalized spacial score (nSPS) is 11.5. The van der Waals surface area contributed by atoms with Crippen molar-refractivity contribution in [3.8, 4) is 0 Å². The third-order valence-electron chi connectivity index (χ3n) is 2.69. The predicted octanol–water partition coefficient (Wildman–Crippen LogP) is 0.422. The molecule has 0 aromatic carbocycles. The van der Waals surface area contributed by atoms with E-state index in [1.807, 2.05) is 18.2 Å². The second-order valence-corrected chi connectivity index (χ2v) is 7.42. The van der Waals surface area contributed by atoms with Gasteiger partial charge in [0.05, 0.1) is 6.61 Å². The molecule has 9 nitrogen and oxygen atoms in total. The standard InChI is InChI=1S/C16H22N2O7S2/c1-12(19)16(22)25-11-15(21)24-8-7-23-10-13(20)17-6-9-26-27-14-4-2-3-5-18-14/h2-5,12,19H,6-11H2,1H3,(H,17,20). The van der Waals surface area contributed by atoms with E-state index in [4.69, 9.17) is 14.6 Å². The van der Waals surface area contributed by atoms with Crippen LogP contribution < -0.4 is 5.32 Å². The van der Waals surface area contributed by atoms with E-state index in [-0.39, 0.29) is 25.7 Å². The lowest BCUT2D eigenvalue weighted by Gasteiger charge is -2.08. The fourth-order valence-electron chi connectivity index (χ4n) is 1.45. The molecule has 0 spiro atoms. The van der Waals surface area contributed by atoms with Crippen LogP contribution in [0.3, 0.4) is 0 Å². The summed E-state index contributed by atoms with van der Waals surface area (Å²) in [5, 5.41) is 12.5. The van der Waals surface area contributed by atoms with Crippen molar-refractivity contribution in [1.82, 2.24) is 10.3 Å². The Bertz CT molecular complexity index is 587. The molecule has 0 saturated heterocycles. The molecular weight excluding hydrogens is 396 g/mol. The quantitative estimate of drug-likeness (QED) is 0.265. The van der Waals surface area contributed by atoms with Crippen LogP contribution in [-0.4, -0.2) is 72.8 Å². The second kappa shape index (κ2) is 14.3. The molecule has 0 fully saturated rings. The molecule has 1 amide bonds. The predicted molar refractivity (Wildman–Crippen MR) is 100.0 cm³/mol. The maximum Gasteiger partial charge on any atom is 0.344 e. The van der Waals surface area contributed by atoms with Gasteiger partial charge in [-0.1, -0.05) is 16.9 Å². The first kappa shape index (κ1) is 23.2. The van der Waals surface area contributed by atoms with Gasteiger partial charge in [-0.15, -0.1) is 0 Å². The number of rotatable bonds is 13. The first-order valence-electron chi connectivity index (χ1n) is 8.04. The highest BCUT2D eigenvalue weighted by atomic mass is 33.1. The Morgan fingerprint density at radius 1 is 1.22 bits per heavy atom. The Hall–Kier alpha value is -1.82. The van der Waals surface area contributed by atoms with Crippen LogP contribution in [0.2, 0.25) is 0 Å². The number of esters is 2. The van der Waals surface area contributed by atoms with Crippen LogP contribution in [0.1, 0.15) is 6.92 Å². The first-order valence-corrected chi connectivity index (χ1v) is 10.4. The number of nitrogens with one attached hydrogen (secondary N) is 1. The van der Waals surface area contributed by atoms with E-state index in [2.05, 4.69) is 15.0 Å². The number of aromatic nitrogens is 1. The first-order chi connectivity index (χ1) is 13.0. The minimum atomic E-state index is -1.30. The number of pyridine rings is 1. The topological polar surface area (TPSA) is 124 Å². The van der Waals surface area contributed by atoms with Crippen molar-refractivity contribution < 1.29 is 33.7 Å². The average Bonchev–Trinajstić information content (AvgIpc) is 2.66. The van der Waals surface area contributed by atoms with Crippen LogP contribution >= 0.6 is 21.6 Å². The smallest absolute Gasteiger partial charge is 0.344 e. The fraction of sp³-hybridized carbons (Fsp3) is 0.500. The molecule has 11 heteroatoms. The van der Waals surface area contributed by atoms with Crippen molar-refractivity contribution in [2.75, 3.05) is 38.7 Å². The number of carbonyl (C=O) groups is 3. The largest absolute Gasteiger partial charge is 0.461 e. The SMILES string of the molecule is CC(O)C(=O)OCC(=O)OCCOCC(=O)NCCSSc1ccccn1. The van der Waals surface area contributed by atoms with Gasteiger partial charge < -0.3 is 24.6 Å². The summed E-state index contributed by atoms with van der Waals surface area (Å²) in [6.45, 7) is 0.953. The summed E-state index contributed by atoms with van der Waals surface area (Å²) < 4.78 is 14.3. The molecule has 2 N–H and O–H groups in total. The fourth-order valence-corrected chi connectivity index (χ4v) is 3.24. The van der Waals surface area contributed by atoms with Gasteiger partial charge in [0.2, 0.25) is 5.91 Å². The van der Waals surface area contributed by atoms with Crippen LogP contribution in [0.15, 0.2) is 29.4 Å². The molecule has 0 aliphatic rings. The molecule has 1 aromatic rings. The van der Waals surface area contributed by atoms with Gasteiger partial charge in [-0.25, -0.2) is 14.6 Å². The lowest BCUT2D eigenvalue weighted by molar-refractivity contribution is -0.164. The van der Waals surface area contributed by atoms with Gasteiger partial charge in [0, 0.05) is 18.5 Å². The molecule has 1 unspecified atom stereocenters. The number of aliphatic hydroxyl groups is 1. The van der Waals surface area contributed by atoms with Gasteiger partial charge in [0.1, 0.15) is 24.3 Å². The molecule has 1 heterocycles. The van der Waals surface area contributed by atoms with Crippen molar-refractivity contribution in [2.45, 2.75) is 18.1 Å². The Morgan fingerprint density at radius 3 is 2.74 bits per heavy atom. The number of amides is 1. The minimum Gasteiger partial charge on any atom is -0.461 e. The lowest BCUT2D eigenvalue weighted by atomic mass is 10.4. The number of aliphatic hydroxyl groups excluding tert-OH is 1. The molecule has 0 aliphatic heterocycles. The van der Waals surface area contributed by atoms with Crippen molar-refractivity contribution in [3.63, 3.8) is 0 Å². The van der Waals surface area contributed by atoms with E-state index in [0.717, 1.165) is 10.8 Å². The van der Waals surface area contributed by atoms with Crippen LogP contribution in [0.4, 0.5) is 0 Å². The maximum absolute atomic E-state index is 11.6. The van der Waals surface area contributed by atoms with Gasteiger partial charge in [-0.3, -0.25) is 4.79 Å². The number of hydrogen-bond donors (Lipinski definition) is 2. The zero-order chi connectivity index (χ0) is 19.9. The Balaban J connectivity index is 1.93. The number of carbonyl (C=O) groups excluding carboxylic acids is 3. The molecule has 1 atom stereocenters. The Labute approximate surface area is 164 Å². The van der Waals surface area contributed by atoms with Gasteiger partial charge in [0.25, 0.3) is 0 Å². The Morgan fingerprint density at radius 2 is 2.04 bits per heavy atom. The molecule has 1 aromatic heterocycles. The number of hydrogen-bond acceptors (Lipinski definition) is 10. The molecule has 0 bridgehead atoms. The minimum absolute atomic E-state index is 0.0355. The van der Waals surface area contributed by atoms with Crippen molar-refractivity contribution in [2.24, 2.45) is 0 Å². The third-order valence-corrected chi connectivity index (χ3v) is 4.95. The van der Waals surface area contributed by atoms with Crippen LogP contribution in [-0.2, 0) is 28.6 Å². The summed E-state index contributed by atoms with van der Waals surface area (Å²) in [5.74, 6) is -1.22.